The summed E-state index contributed by atoms with van der Waals surface area (Å²) in [5.41, 5.74) is -0.548. The van der Waals surface area contributed by atoms with Crippen LogP contribution in [0.1, 0.15) is 38.5 Å². The number of amides is 3. The molecule has 0 aromatic heterocycles. The number of nitrogens with zero attached hydrogens (tertiary/aromatic N) is 1. The van der Waals surface area contributed by atoms with Crippen LogP contribution in [0.4, 0.5) is 4.79 Å². The van der Waals surface area contributed by atoms with Crippen molar-refractivity contribution in [3.63, 3.8) is 0 Å². The lowest BCUT2D eigenvalue weighted by Crippen LogP contribution is -2.48. The molecular formula is C13H21N3O2. The molecule has 0 aromatic carbocycles. The second-order valence-electron chi connectivity index (χ2n) is 5.84. The van der Waals surface area contributed by atoms with Crippen LogP contribution in [0.2, 0.25) is 0 Å². The van der Waals surface area contributed by atoms with Crippen molar-refractivity contribution in [2.45, 2.75) is 44.1 Å². The molecule has 3 amide bonds. The molecule has 3 fully saturated rings. The van der Waals surface area contributed by atoms with Crippen LogP contribution in [0.5, 0.6) is 0 Å². The molecule has 1 spiro atoms. The molecule has 0 atom stereocenters. The second-order valence-corrected chi connectivity index (χ2v) is 5.84. The van der Waals surface area contributed by atoms with E-state index in [-0.39, 0.29) is 11.9 Å². The largest absolute Gasteiger partial charge is 0.325 e. The Morgan fingerprint density at radius 1 is 1.17 bits per heavy atom. The summed E-state index contributed by atoms with van der Waals surface area (Å²) in [7, 11) is 0. The van der Waals surface area contributed by atoms with Gasteiger partial charge in [-0.2, -0.15) is 0 Å². The molecule has 2 N–H and O–H groups in total. The van der Waals surface area contributed by atoms with E-state index in [0.29, 0.717) is 12.5 Å². The highest BCUT2D eigenvalue weighted by Crippen LogP contribution is 2.33. The smallest absolute Gasteiger partial charge is 0.323 e. The minimum absolute atomic E-state index is 0.0273. The maximum absolute atomic E-state index is 12.4. The number of rotatable bonds is 3. The molecule has 2 aliphatic heterocycles. The number of hydrogen-bond donors (Lipinski definition) is 2. The number of imide groups is 1. The number of nitrogens with one attached hydrogen (secondary N) is 2. The van der Waals surface area contributed by atoms with E-state index in [0.717, 1.165) is 45.2 Å². The van der Waals surface area contributed by atoms with Crippen molar-refractivity contribution >= 4 is 11.9 Å². The fraction of sp³-hybridized carbons (Fsp3) is 0.846. The summed E-state index contributed by atoms with van der Waals surface area (Å²) in [5.74, 6) is 0.660. The molecule has 3 aliphatic rings. The molecule has 2 heterocycles. The molecule has 0 radical (unpaired) electrons. The van der Waals surface area contributed by atoms with E-state index in [1.165, 1.54) is 11.3 Å². The maximum Gasteiger partial charge on any atom is 0.325 e. The third-order valence-electron chi connectivity index (χ3n) is 4.58. The Labute approximate surface area is 107 Å². The van der Waals surface area contributed by atoms with Gasteiger partial charge in [0.25, 0.3) is 5.91 Å². The van der Waals surface area contributed by atoms with E-state index in [4.69, 9.17) is 0 Å². The van der Waals surface area contributed by atoms with Crippen molar-refractivity contribution < 1.29 is 9.59 Å². The molecule has 3 rings (SSSR count). The second kappa shape index (κ2) is 4.53. The van der Waals surface area contributed by atoms with Crippen LogP contribution in [0, 0.1) is 5.92 Å². The van der Waals surface area contributed by atoms with E-state index in [1.807, 2.05) is 0 Å². The van der Waals surface area contributed by atoms with Gasteiger partial charge in [-0.15, -0.1) is 0 Å². The van der Waals surface area contributed by atoms with Gasteiger partial charge in [0.15, 0.2) is 0 Å². The molecule has 0 unspecified atom stereocenters. The topological polar surface area (TPSA) is 61.4 Å². The summed E-state index contributed by atoms with van der Waals surface area (Å²) in [6.07, 6.45) is 5.85. The third kappa shape index (κ3) is 1.90. The first-order valence-corrected chi connectivity index (χ1v) is 7.06. The monoisotopic (exact) mass is 251 g/mol. The normalized spacial score (nSPS) is 27.4. The molecule has 1 saturated carbocycles. The molecule has 0 bridgehead atoms. The lowest BCUT2D eigenvalue weighted by Gasteiger charge is -2.31. The SMILES string of the molecule is O=C1NC2(CCCCC2)C(=O)N1CCC1CNC1. The average molecular weight is 251 g/mol. The summed E-state index contributed by atoms with van der Waals surface area (Å²) in [4.78, 5) is 25.8. The molecule has 18 heavy (non-hydrogen) atoms. The van der Waals surface area contributed by atoms with Gasteiger partial charge in [-0.25, -0.2) is 4.79 Å². The van der Waals surface area contributed by atoms with Gasteiger partial charge in [-0.1, -0.05) is 19.3 Å². The van der Waals surface area contributed by atoms with Gasteiger partial charge < -0.3 is 10.6 Å². The molecule has 5 heteroatoms. The zero-order valence-electron chi connectivity index (χ0n) is 10.7. The Morgan fingerprint density at radius 3 is 2.50 bits per heavy atom. The van der Waals surface area contributed by atoms with Crippen molar-refractivity contribution in [1.82, 2.24) is 15.5 Å². The molecule has 1 aliphatic carbocycles. The summed E-state index contributed by atoms with van der Waals surface area (Å²) in [5, 5.41) is 6.16. The summed E-state index contributed by atoms with van der Waals surface area (Å²) >= 11 is 0. The van der Waals surface area contributed by atoms with E-state index < -0.39 is 5.54 Å². The van der Waals surface area contributed by atoms with Crippen LogP contribution in [0.3, 0.4) is 0 Å². The molecule has 100 valence electrons. The quantitative estimate of drug-likeness (QED) is 0.731. The average Bonchev–Trinajstić information content (AvgIpc) is 2.52. The highest BCUT2D eigenvalue weighted by atomic mass is 16.2. The Bertz CT molecular complexity index is 359. The maximum atomic E-state index is 12.4. The van der Waals surface area contributed by atoms with E-state index in [2.05, 4.69) is 10.6 Å². The Balaban J connectivity index is 1.63. The Kier molecular flexibility index (Phi) is 3.01. The fourth-order valence-electron chi connectivity index (χ4n) is 3.24. The van der Waals surface area contributed by atoms with Crippen molar-refractivity contribution in [2.24, 2.45) is 5.92 Å². The summed E-state index contributed by atoms with van der Waals surface area (Å²) < 4.78 is 0. The number of carbonyl (C=O) groups is 2. The van der Waals surface area contributed by atoms with Gasteiger partial charge >= 0.3 is 6.03 Å². The zero-order valence-corrected chi connectivity index (χ0v) is 10.7. The number of carbonyl (C=O) groups excluding carboxylic acids is 2. The number of hydrogen-bond acceptors (Lipinski definition) is 3. The predicted molar refractivity (Wildman–Crippen MR) is 67.0 cm³/mol. The Morgan fingerprint density at radius 2 is 1.89 bits per heavy atom. The fourth-order valence-corrected chi connectivity index (χ4v) is 3.24. The number of urea groups is 1. The van der Waals surface area contributed by atoms with E-state index in [9.17, 15) is 9.59 Å². The minimum Gasteiger partial charge on any atom is -0.323 e. The van der Waals surface area contributed by atoms with Gasteiger partial charge in [0, 0.05) is 6.54 Å². The Hall–Kier alpha value is -1.10. The van der Waals surface area contributed by atoms with Crippen molar-refractivity contribution in [3.05, 3.63) is 0 Å². The van der Waals surface area contributed by atoms with Crippen LogP contribution < -0.4 is 10.6 Å². The zero-order chi connectivity index (χ0) is 12.6. The van der Waals surface area contributed by atoms with Crippen LogP contribution in [-0.2, 0) is 4.79 Å². The van der Waals surface area contributed by atoms with E-state index in [1.54, 1.807) is 0 Å². The molecule has 0 aromatic rings. The van der Waals surface area contributed by atoms with Crippen molar-refractivity contribution in [2.75, 3.05) is 19.6 Å². The summed E-state index contributed by atoms with van der Waals surface area (Å²) in [6, 6.07) is -0.172. The standard InChI is InChI=1S/C13H21N3O2/c17-11-13(5-2-1-3-6-13)15-12(18)16(11)7-4-10-8-14-9-10/h10,14H,1-9H2,(H,15,18). The van der Waals surface area contributed by atoms with Crippen LogP contribution in [0.25, 0.3) is 0 Å². The third-order valence-corrected chi connectivity index (χ3v) is 4.58. The lowest BCUT2D eigenvalue weighted by molar-refractivity contribution is -0.132. The first-order valence-electron chi connectivity index (χ1n) is 7.06. The highest BCUT2D eigenvalue weighted by Gasteiger charge is 2.51. The van der Waals surface area contributed by atoms with Crippen LogP contribution >= 0.6 is 0 Å². The van der Waals surface area contributed by atoms with Crippen LogP contribution in [0.15, 0.2) is 0 Å². The molecular weight excluding hydrogens is 230 g/mol. The molecule has 2 saturated heterocycles. The highest BCUT2D eigenvalue weighted by molar-refractivity contribution is 6.07. The summed E-state index contributed by atoms with van der Waals surface area (Å²) in [6.45, 7) is 2.63. The van der Waals surface area contributed by atoms with Crippen molar-refractivity contribution in [1.29, 1.82) is 0 Å². The van der Waals surface area contributed by atoms with Crippen LogP contribution in [-0.4, -0.2) is 42.0 Å². The van der Waals surface area contributed by atoms with E-state index >= 15 is 0 Å². The van der Waals surface area contributed by atoms with Gasteiger partial charge in [-0.05, 0) is 38.3 Å². The predicted octanol–water partition coefficient (Wildman–Crippen LogP) is 0.851. The van der Waals surface area contributed by atoms with Crippen molar-refractivity contribution in [3.8, 4) is 0 Å². The molecule has 5 nitrogen and oxygen atoms in total. The lowest BCUT2D eigenvalue weighted by atomic mass is 9.81. The van der Waals surface area contributed by atoms with Gasteiger partial charge in [0.2, 0.25) is 0 Å². The van der Waals surface area contributed by atoms with Gasteiger partial charge in [-0.3, -0.25) is 9.69 Å². The first kappa shape index (κ1) is 12.0. The van der Waals surface area contributed by atoms with Gasteiger partial charge in [0.1, 0.15) is 5.54 Å². The van der Waals surface area contributed by atoms with Gasteiger partial charge in [0.05, 0.1) is 0 Å². The first-order chi connectivity index (χ1) is 8.71. The minimum atomic E-state index is -0.548.